The highest BCUT2D eigenvalue weighted by Crippen LogP contribution is 2.27. The molecule has 0 radical (unpaired) electrons. The third-order valence-corrected chi connectivity index (χ3v) is 3.45. The number of halogens is 3. The summed E-state index contributed by atoms with van der Waals surface area (Å²) in [7, 11) is 0. The minimum atomic E-state index is -0.714. The van der Waals surface area contributed by atoms with E-state index in [4.69, 9.17) is 28.9 Å². The van der Waals surface area contributed by atoms with Gasteiger partial charge in [0.15, 0.2) is 10.9 Å². The lowest BCUT2D eigenvalue weighted by molar-refractivity contribution is -0.115. The second-order valence-corrected chi connectivity index (χ2v) is 5.36. The molecular formula is C11H8Cl2FN3OS. The summed E-state index contributed by atoms with van der Waals surface area (Å²) in [6.07, 6.45) is 0.0698. The third-order valence-electron chi connectivity index (χ3n) is 2.18. The zero-order valence-corrected chi connectivity index (χ0v) is 11.7. The normalized spacial score (nSPS) is 10.5. The summed E-state index contributed by atoms with van der Waals surface area (Å²) in [6.45, 7) is 0. The summed E-state index contributed by atoms with van der Waals surface area (Å²) in [5, 5.41) is 4.35. The first-order chi connectivity index (χ1) is 8.95. The van der Waals surface area contributed by atoms with E-state index >= 15 is 0 Å². The number of nitrogens with one attached hydrogen (secondary N) is 1. The maximum Gasteiger partial charge on any atom is 0.230 e. The zero-order chi connectivity index (χ0) is 14.0. The predicted molar refractivity (Wildman–Crippen MR) is 75.3 cm³/mol. The van der Waals surface area contributed by atoms with E-state index in [1.54, 1.807) is 5.38 Å². The van der Waals surface area contributed by atoms with Gasteiger partial charge in [0.05, 0.1) is 22.2 Å². The molecule has 4 nitrogen and oxygen atoms in total. The maximum absolute atomic E-state index is 13.2. The van der Waals surface area contributed by atoms with Gasteiger partial charge in [-0.3, -0.25) is 4.79 Å². The number of anilines is 2. The van der Waals surface area contributed by atoms with Gasteiger partial charge in [-0.15, -0.1) is 11.3 Å². The quantitative estimate of drug-likeness (QED) is 0.852. The Balaban J connectivity index is 2.07. The third kappa shape index (κ3) is 3.56. The van der Waals surface area contributed by atoms with Crippen LogP contribution in [0, 0.1) is 5.82 Å². The van der Waals surface area contributed by atoms with E-state index < -0.39 is 5.82 Å². The van der Waals surface area contributed by atoms with Gasteiger partial charge in [-0.2, -0.15) is 0 Å². The fourth-order valence-corrected chi connectivity index (χ4v) is 2.45. The van der Waals surface area contributed by atoms with Gasteiger partial charge in [-0.25, -0.2) is 9.37 Å². The molecule has 19 heavy (non-hydrogen) atoms. The number of aromatic nitrogens is 1. The minimum absolute atomic E-state index is 0.0698. The van der Waals surface area contributed by atoms with Crippen molar-refractivity contribution in [3.8, 4) is 0 Å². The van der Waals surface area contributed by atoms with Crippen molar-refractivity contribution in [1.29, 1.82) is 0 Å². The number of thiazole rings is 1. The molecule has 0 unspecified atom stereocenters. The highest BCUT2D eigenvalue weighted by molar-refractivity contribution is 7.13. The monoisotopic (exact) mass is 319 g/mol. The number of nitrogens with zero attached hydrogens (tertiary/aromatic N) is 1. The Morgan fingerprint density at radius 1 is 1.42 bits per heavy atom. The van der Waals surface area contributed by atoms with E-state index in [1.165, 1.54) is 23.5 Å². The number of hydrogen-bond donors (Lipinski definition) is 2. The first kappa shape index (κ1) is 14.0. The van der Waals surface area contributed by atoms with Gasteiger partial charge in [0.2, 0.25) is 5.91 Å². The lowest BCUT2D eigenvalue weighted by Crippen LogP contribution is -2.14. The summed E-state index contributed by atoms with van der Waals surface area (Å²) in [5.41, 5.74) is 6.35. The van der Waals surface area contributed by atoms with E-state index in [-0.39, 0.29) is 22.4 Å². The largest absolute Gasteiger partial charge is 0.375 e. The molecule has 2 rings (SSSR count). The number of hydrogen-bond acceptors (Lipinski definition) is 4. The standard InChI is InChI=1S/C11H8Cl2FN3OS/c12-7-1-5(2-8(13)10(7)14)16-9(18)3-6-4-19-11(15)17-6/h1-2,4H,3H2,(H2,15,17)(H,16,18). The SMILES string of the molecule is Nc1nc(CC(=O)Nc2cc(Cl)c(F)c(Cl)c2)cs1. The van der Waals surface area contributed by atoms with E-state index in [1.807, 2.05) is 0 Å². The Bertz CT molecular complexity index is 609. The molecule has 8 heteroatoms. The van der Waals surface area contributed by atoms with Crippen LogP contribution in [0.2, 0.25) is 10.0 Å². The van der Waals surface area contributed by atoms with Crippen molar-refractivity contribution >= 4 is 51.3 Å². The smallest absolute Gasteiger partial charge is 0.230 e. The van der Waals surface area contributed by atoms with Gasteiger partial charge >= 0.3 is 0 Å². The number of nitrogens with two attached hydrogens (primary N) is 1. The van der Waals surface area contributed by atoms with Crippen LogP contribution >= 0.6 is 34.5 Å². The van der Waals surface area contributed by atoms with Crippen LogP contribution < -0.4 is 11.1 Å². The number of carbonyl (C=O) groups excluding carboxylic acids is 1. The number of benzene rings is 1. The fourth-order valence-electron chi connectivity index (χ4n) is 1.40. The Kier molecular flexibility index (Phi) is 4.24. The molecule has 0 spiro atoms. The van der Waals surface area contributed by atoms with Crippen molar-refractivity contribution in [2.24, 2.45) is 0 Å². The Labute approximate surface area is 122 Å². The molecule has 100 valence electrons. The van der Waals surface area contributed by atoms with Crippen LogP contribution in [0.1, 0.15) is 5.69 Å². The molecule has 1 amide bonds. The van der Waals surface area contributed by atoms with Crippen molar-refractivity contribution in [1.82, 2.24) is 4.98 Å². The van der Waals surface area contributed by atoms with Crippen LogP contribution in [0.4, 0.5) is 15.2 Å². The van der Waals surface area contributed by atoms with E-state index in [0.717, 1.165) is 0 Å². The summed E-state index contributed by atoms with van der Waals surface area (Å²) >= 11 is 12.5. The van der Waals surface area contributed by atoms with Gasteiger partial charge in [-0.05, 0) is 12.1 Å². The number of carbonyl (C=O) groups is 1. The van der Waals surface area contributed by atoms with Gasteiger partial charge in [0.1, 0.15) is 0 Å². The van der Waals surface area contributed by atoms with E-state index in [9.17, 15) is 9.18 Å². The van der Waals surface area contributed by atoms with Crippen LogP contribution in [0.25, 0.3) is 0 Å². The van der Waals surface area contributed by atoms with Crippen LogP contribution in [-0.4, -0.2) is 10.9 Å². The highest BCUT2D eigenvalue weighted by atomic mass is 35.5. The second-order valence-electron chi connectivity index (χ2n) is 3.66. The zero-order valence-electron chi connectivity index (χ0n) is 9.41. The fraction of sp³-hybridized carbons (Fsp3) is 0.0909. The van der Waals surface area contributed by atoms with Gasteiger partial charge in [0, 0.05) is 11.1 Å². The molecule has 0 aliphatic heterocycles. The van der Waals surface area contributed by atoms with Crippen LogP contribution in [0.5, 0.6) is 0 Å². The molecule has 0 fully saturated rings. The topological polar surface area (TPSA) is 68.0 Å². The highest BCUT2D eigenvalue weighted by Gasteiger charge is 2.11. The molecule has 0 saturated carbocycles. The molecule has 0 aliphatic rings. The van der Waals surface area contributed by atoms with Crippen molar-refractivity contribution in [2.75, 3.05) is 11.1 Å². The van der Waals surface area contributed by atoms with Crippen LogP contribution in [-0.2, 0) is 11.2 Å². The molecule has 1 heterocycles. The summed E-state index contributed by atoms with van der Waals surface area (Å²) in [5.74, 6) is -1.03. The van der Waals surface area contributed by atoms with Crippen molar-refractivity contribution in [2.45, 2.75) is 6.42 Å². The molecule has 0 aliphatic carbocycles. The minimum Gasteiger partial charge on any atom is -0.375 e. The molecule has 2 aromatic rings. The second kappa shape index (κ2) is 5.73. The van der Waals surface area contributed by atoms with Gasteiger partial charge in [-0.1, -0.05) is 23.2 Å². The Morgan fingerprint density at radius 2 is 2.05 bits per heavy atom. The number of rotatable bonds is 3. The molecule has 1 aromatic heterocycles. The summed E-state index contributed by atoms with van der Waals surface area (Å²) in [4.78, 5) is 15.7. The molecular weight excluding hydrogens is 312 g/mol. The molecule has 3 N–H and O–H groups in total. The van der Waals surface area contributed by atoms with Crippen molar-refractivity contribution < 1.29 is 9.18 Å². The molecule has 0 atom stereocenters. The average Bonchev–Trinajstić information content (AvgIpc) is 2.71. The maximum atomic E-state index is 13.2. The summed E-state index contributed by atoms with van der Waals surface area (Å²) < 4.78 is 13.2. The first-order valence-corrected chi connectivity index (χ1v) is 6.73. The lowest BCUT2D eigenvalue weighted by atomic mass is 10.2. The van der Waals surface area contributed by atoms with E-state index in [2.05, 4.69) is 10.3 Å². The van der Waals surface area contributed by atoms with Crippen molar-refractivity contribution in [3.63, 3.8) is 0 Å². The number of amides is 1. The predicted octanol–water partition coefficient (Wildman–Crippen LogP) is 3.35. The van der Waals surface area contributed by atoms with Crippen LogP contribution in [0.15, 0.2) is 17.5 Å². The van der Waals surface area contributed by atoms with Gasteiger partial charge < -0.3 is 11.1 Å². The number of nitrogen functional groups attached to an aromatic ring is 1. The lowest BCUT2D eigenvalue weighted by Gasteiger charge is -2.06. The first-order valence-electron chi connectivity index (χ1n) is 5.10. The molecule has 0 saturated heterocycles. The van der Waals surface area contributed by atoms with Gasteiger partial charge in [0.25, 0.3) is 0 Å². The Hall–Kier alpha value is -1.37. The summed E-state index contributed by atoms with van der Waals surface area (Å²) in [6, 6.07) is 2.58. The average molecular weight is 320 g/mol. The molecule has 0 bridgehead atoms. The molecule has 1 aromatic carbocycles. The van der Waals surface area contributed by atoms with Crippen LogP contribution in [0.3, 0.4) is 0 Å². The van der Waals surface area contributed by atoms with Crippen molar-refractivity contribution in [3.05, 3.63) is 39.1 Å². The Morgan fingerprint density at radius 3 is 2.58 bits per heavy atom. The van der Waals surface area contributed by atoms with E-state index in [0.29, 0.717) is 16.5 Å².